The summed E-state index contributed by atoms with van der Waals surface area (Å²) >= 11 is 6.51. The largest absolute Gasteiger partial charge is 0.508 e. The Morgan fingerprint density at radius 1 is 1.07 bits per heavy atom. The molecule has 0 amide bonds. The molecule has 7 nitrogen and oxygen atoms in total. The van der Waals surface area contributed by atoms with Crippen molar-refractivity contribution in [3.63, 3.8) is 0 Å². The number of aromatic nitrogens is 2. The molecule has 4 aromatic rings. The van der Waals surface area contributed by atoms with Crippen LogP contribution in [-0.4, -0.2) is 76.2 Å². The molecule has 3 heterocycles. The maximum Gasteiger partial charge on any atom is 0.319 e. The Labute approximate surface area is 264 Å². The van der Waals surface area contributed by atoms with Gasteiger partial charge >= 0.3 is 6.01 Å². The minimum absolute atomic E-state index is 0.0354. The van der Waals surface area contributed by atoms with E-state index in [1.54, 1.807) is 25.1 Å². The highest BCUT2D eigenvalue weighted by Gasteiger charge is 2.45. The van der Waals surface area contributed by atoms with Crippen molar-refractivity contribution in [1.29, 1.82) is 0 Å². The fourth-order valence-electron chi connectivity index (χ4n) is 6.95. The fraction of sp³-hybridized carbons (Fsp3) is 0.471. The van der Waals surface area contributed by atoms with E-state index in [1.807, 2.05) is 4.90 Å². The van der Waals surface area contributed by atoms with Crippen molar-refractivity contribution >= 4 is 39.1 Å². The zero-order chi connectivity index (χ0) is 31.5. The predicted octanol–water partition coefficient (Wildman–Crippen LogP) is 7.03. The molecule has 11 heteroatoms. The van der Waals surface area contributed by atoms with Crippen molar-refractivity contribution < 1.29 is 28.1 Å². The summed E-state index contributed by atoms with van der Waals surface area (Å²) in [4.78, 5) is 13.2. The number of anilines is 1. The van der Waals surface area contributed by atoms with Crippen molar-refractivity contribution in [2.45, 2.75) is 57.2 Å². The summed E-state index contributed by atoms with van der Waals surface area (Å²) in [6.45, 7) is 5.01. The van der Waals surface area contributed by atoms with Crippen molar-refractivity contribution in [3.05, 3.63) is 53.1 Å². The van der Waals surface area contributed by atoms with Gasteiger partial charge in [0.1, 0.15) is 29.1 Å². The first-order chi connectivity index (χ1) is 21.5. The number of aromatic hydroxyl groups is 1. The van der Waals surface area contributed by atoms with Crippen LogP contribution < -0.4 is 9.64 Å². The zero-order valence-electron chi connectivity index (χ0n) is 25.1. The zero-order valence-corrected chi connectivity index (χ0v) is 25.9. The Bertz CT molecular complexity index is 1780. The van der Waals surface area contributed by atoms with Gasteiger partial charge in [-0.15, -0.1) is 0 Å². The lowest BCUT2D eigenvalue weighted by Crippen LogP contribution is -2.46. The van der Waals surface area contributed by atoms with Crippen LogP contribution in [0, 0.1) is 17.0 Å². The highest BCUT2D eigenvalue weighted by molar-refractivity contribution is 6.36. The Morgan fingerprint density at radius 2 is 1.84 bits per heavy atom. The maximum absolute atomic E-state index is 16.7. The van der Waals surface area contributed by atoms with Crippen LogP contribution in [0.25, 0.3) is 32.8 Å². The molecule has 1 atom stereocenters. The van der Waals surface area contributed by atoms with Gasteiger partial charge in [-0.25, -0.2) is 13.2 Å². The molecular formula is C34H36ClF3N4O3. The molecule has 1 saturated carbocycles. The normalized spacial score (nSPS) is 22.3. The van der Waals surface area contributed by atoms with E-state index in [-0.39, 0.29) is 56.6 Å². The van der Waals surface area contributed by atoms with Gasteiger partial charge in [0.15, 0.2) is 5.82 Å². The average molecular weight is 641 g/mol. The number of benzene rings is 3. The molecule has 0 unspecified atom stereocenters. The standard InChI is InChI=1S/C34H36ClF3N4O3/c1-33(44)8-3-11-42(17-33)31-24-16-26(37)28(23-15-22(43)14-20-4-2-5-25(35)27(20)23)29(38)30(24)39-32(40-31)45-19-34(9-10-34)18-41-12-6-21(36)7-13-41/h2,4-5,14-16,21,43-44H,3,6-13,17-19H2,1H3/t33-/m1/s1. The van der Waals surface area contributed by atoms with Crippen LogP contribution in [0.15, 0.2) is 36.4 Å². The molecule has 1 aromatic heterocycles. The van der Waals surface area contributed by atoms with E-state index in [2.05, 4.69) is 14.9 Å². The number of hydrogen-bond acceptors (Lipinski definition) is 7. The van der Waals surface area contributed by atoms with Crippen LogP contribution >= 0.6 is 11.6 Å². The maximum atomic E-state index is 16.7. The molecule has 7 rings (SSSR count). The number of fused-ring (bicyclic) bond motifs is 2. The molecule has 3 aromatic carbocycles. The lowest BCUT2D eigenvalue weighted by atomic mass is 9.94. The Balaban J connectivity index is 1.31. The molecule has 1 aliphatic carbocycles. The van der Waals surface area contributed by atoms with E-state index in [0.29, 0.717) is 62.7 Å². The minimum atomic E-state index is -1.00. The van der Waals surface area contributed by atoms with Crippen molar-refractivity contribution in [2.75, 3.05) is 44.2 Å². The summed E-state index contributed by atoms with van der Waals surface area (Å²) in [6, 6.07) is 9.00. The second-order valence-corrected chi connectivity index (χ2v) is 13.8. The summed E-state index contributed by atoms with van der Waals surface area (Å²) < 4.78 is 52.7. The fourth-order valence-corrected chi connectivity index (χ4v) is 7.24. The summed E-state index contributed by atoms with van der Waals surface area (Å²) in [5.74, 6) is -1.66. The molecule has 0 radical (unpaired) electrons. The third kappa shape index (κ3) is 6.00. The van der Waals surface area contributed by atoms with Crippen molar-refractivity contribution in [1.82, 2.24) is 14.9 Å². The molecule has 238 valence electrons. The Morgan fingerprint density at radius 3 is 2.58 bits per heavy atom. The first-order valence-corrected chi connectivity index (χ1v) is 16.0. The number of hydrogen-bond donors (Lipinski definition) is 2. The van der Waals surface area contributed by atoms with Gasteiger partial charge in [-0.3, -0.25) is 0 Å². The molecule has 2 N–H and O–H groups in total. The van der Waals surface area contributed by atoms with Crippen LogP contribution in [0.3, 0.4) is 0 Å². The van der Waals surface area contributed by atoms with Crippen LogP contribution in [0.2, 0.25) is 5.02 Å². The van der Waals surface area contributed by atoms with E-state index < -0.39 is 23.4 Å². The van der Waals surface area contributed by atoms with Crippen molar-refractivity contribution in [3.8, 4) is 22.9 Å². The highest BCUT2D eigenvalue weighted by atomic mass is 35.5. The summed E-state index contributed by atoms with van der Waals surface area (Å²) in [7, 11) is 0. The van der Waals surface area contributed by atoms with Gasteiger partial charge in [-0.05, 0) is 75.1 Å². The Hall–Kier alpha value is -3.34. The lowest BCUT2D eigenvalue weighted by Gasteiger charge is -2.38. The summed E-state index contributed by atoms with van der Waals surface area (Å²) in [6.07, 6.45) is 3.49. The number of aliphatic hydroxyl groups is 1. The Kier molecular flexibility index (Phi) is 7.73. The topological polar surface area (TPSA) is 82.0 Å². The van der Waals surface area contributed by atoms with Crippen LogP contribution in [0.4, 0.5) is 19.0 Å². The van der Waals surface area contributed by atoms with Crippen LogP contribution in [-0.2, 0) is 0 Å². The number of phenols is 1. The van der Waals surface area contributed by atoms with E-state index in [4.69, 9.17) is 16.3 Å². The highest BCUT2D eigenvalue weighted by Crippen LogP contribution is 2.47. The van der Waals surface area contributed by atoms with E-state index in [9.17, 15) is 14.6 Å². The van der Waals surface area contributed by atoms with Gasteiger partial charge in [0.05, 0.1) is 17.8 Å². The molecule has 0 bridgehead atoms. The van der Waals surface area contributed by atoms with Gasteiger partial charge in [-0.1, -0.05) is 23.7 Å². The van der Waals surface area contributed by atoms with Gasteiger partial charge in [-0.2, -0.15) is 9.97 Å². The number of rotatable bonds is 7. The average Bonchev–Trinajstić information content (AvgIpc) is 3.76. The summed E-state index contributed by atoms with van der Waals surface area (Å²) in [5, 5.41) is 22.7. The SMILES string of the molecule is C[C@@]1(O)CCCN(c2nc(OCC3(CN4CCC(F)CC4)CC3)nc3c(F)c(-c4cc(O)cc5cccc(Cl)c45)c(F)cc23)C1. The number of ether oxygens (including phenoxy) is 1. The molecule has 3 fully saturated rings. The number of halogens is 4. The van der Waals surface area contributed by atoms with E-state index >= 15 is 8.78 Å². The van der Waals surface area contributed by atoms with Crippen molar-refractivity contribution in [2.24, 2.45) is 5.41 Å². The molecule has 3 aliphatic rings. The number of phenolic OH excluding ortho intramolecular Hbond substituents is 1. The predicted molar refractivity (Wildman–Crippen MR) is 169 cm³/mol. The number of likely N-dealkylation sites (tertiary alicyclic amines) is 1. The molecular weight excluding hydrogens is 605 g/mol. The van der Waals surface area contributed by atoms with Gasteiger partial charge in [0.2, 0.25) is 0 Å². The molecule has 2 aliphatic heterocycles. The molecule has 45 heavy (non-hydrogen) atoms. The van der Waals surface area contributed by atoms with Crippen LogP contribution in [0.5, 0.6) is 11.8 Å². The second-order valence-electron chi connectivity index (χ2n) is 13.4. The van der Waals surface area contributed by atoms with E-state index in [0.717, 1.165) is 19.4 Å². The monoisotopic (exact) mass is 640 g/mol. The lowest BCUT2D eigenvalue weighted by molar-refractivity contribution is 0.0447. The minimum Gasteiger partial charge on any atom is -0.508 e. The van der Waals surface area contributed by atoms with Gasteiger partial charge in [0, 0.05) is 59.5 Å². The van der Waals surface area contributed by atoms with Crippen LogP contribution in [0.1, 0.15) is 45.4 Å². The second kappa shape index (κ2) is 11.5. The molecule has 2 saturated heterocycles. The molecule has 0 spiro atoms. The third-order valence-corrected chi connectivity index (χ3v) is 9.85. The van der Waals surface area contributed by atoms with Gasteiger partial charge < -0.3 is 24.7 Å². The smallest absolute Gasteiger partial charge is 0.319 e. The first kappa shape index (κ1) is 30.3. The summed E-state index contributed by atoms with van der Waals surface area (Å²) in [5.41, 5.74) is -1.51. The first-order valence-electron chi connectivity index (χ1n) is 15.6. The third-order valence-electron chi connectivity index (χ3n) is 9.54. The van der Waals surface area contributed by atoms with Gasteiger partial charge in [0.25, 0.3) is 0 Å². The number of piperidine rings is 2. The quantitative estimate of drug-likeness (QED) is 0.224. The number of β-amino-alcohol motifs (C(OH)–C–C–N with tert-alkyl or cyclic N) is 1. The number of alkyl halides is 1. The van der Waals surface area contributed by atoms with E-state index in [1.165, 1.54) is 18.2 Å². The number of nitrogens with zero attached hydrogens (tertiary/aromatic N) is 4.